The molecule has 0 aliphatic carbocycles. The Morgan fingerprint density at radius 1 is 1.35 bits per heavy atom. The number of carbonyl (C=O) groups excluding carboxylic acids is 1. The van der Waals surface area contributed by atoms with Gasteiger partial charge in [0, 0.05) is 17.8 Å². The molecule has 0 spiro atoms. The van der Waals surface area contributed by atoms with E-state index in [4.69, 9.17) is 10.00 Å². The van der Waals surface area contributed by atoms with Crippen molar-refractivity contribution in [1.82, 2.24) is 0 Å². The highest BCUT2D eigenvalue weighted by atomic mass is 16.6. The van der Waals surface area contributed by atoms with E-state index in [9.17, 15) is 14.9 Å². The molecule has 116 valence electrons. The van der Waals surface area contributed by atoms with Gasteiger partial charge in [-0.25, -0.2) is 0 Å². The van der Waals surface area contributed by atoms with Crippen LogP contribution in [0.2, 0.25) is 0 Å². The van der Waals surface area contributed by atoms with Crippen LogP contribution >= 0.6 is 0 Å². The first kappa shape index (κ1) is 16.0. The maximum absolute atomic E-state index is 11.9. The minimum atomic E-state index is -0.496. The van der Waals surface area contributed by atoms with Crippen molar-refractivity contribution in [3.8, 4) is 11.8 Å². The number of hydrogen-bond donors (Lipinski definition) is 1. The third-order valence-corrected chi connectivity index (χ3v) is 3.03. The first-order valence-electron chi connectivity index (χ1n) is 6.67. The van der Waals surface area contributed by atoms with Gasteiger partial charge in [-0.2, -0.15) is 5.26 Å². The molecular weight excluding hydrogens is 298 g/mol. The van der Waals surface area contributed by atoms with Gasteiger partial charge in [-0.05, 0) is 36.8 Å². The lowest BCUT2D eigenvalue weighted by molar-refractivity contribution is -0.384. The van der Waals surface area contributed by atoms with Gasteiger partial charge in [0.25, 0.3) is 11.6 Å². The smallest absolute Gasteiger partial charge is 0.269 e. The lowest BCUT2D eigenvalue weighted by atomic mass is 10.2. The molecule has 2 aromatic carbocycles. The van der Waals surface area contributed by atoms with Crippen molar-refractivity contribution in [2.45, 2.75) is 6.92 Å². The topological polar surface area (TPSA) is 105 Å². The van der Waals surface area contributed by atoms with Crippen LogP contribution < -0.4 is 10.1 Å². The van der Waals surface area contributed by atoms with Crippen LogP contribution in [0.15, 0.2) is 42.5 Å². The van der Waals surface area contributed by atoms with Crippen LogP contribution in [0.5, 0.6) is 5.75 Å². The molecule has 0 radical (unpaired) electrons. The summed E-state index contributed by atoms with van der Waals surface area (Å²) in [5, 5.41) is 22.1. The van der Waals surface area contributed by atoms with E-state index < -0.39 is 10.8 Å². The molecule has 0 heterocycles. The molecule has 2 aromatic rings. The number of nitrogens with one attached hydrogen (secondary N) is 1. The van der Waals surface area contributed by atoms with E-state index in [1.54, 1.807) is 25.1 Å². The number of hydrogen-bond acceptors (Lipinski definition) is 5. The third kappa shape index (κ3) is 4.28. The standard InChI is InChI=1S/C16H13N3O4/c1-11-7-13(19(21)22)5-6-15(11)18-16(20)10-23-14-4-2-3-12(8-14)9-17/h2-8H,10H2,1H3,(H,18,20). The molecule has 0 aliphatic rings. The van der Waals surface area contributed by atoms with Gasteiger partial charge in [0.2, 0.25) is 0 Å². The Labute approximate surface area is 132 Å². The Morgan fingerprint density at radius 2 is 2.13 bits per heavy atom. The molecule has 1 N–H and O–H groups in total. The number of non-ortho nitro benzene ring substituents is 1. The minimum Gasteiger partial charge on any atom is -0.484 e. The van der Waals surface area contributed by atoms with Crippen molar-refractivity contribution in [1.29, 1.82) is 5.26 Å². The monoisotopic (exact) mass is 311 g/mol. The minimum absolute atomic E-state index is 0.0370. The zero-order chi connectivity index (χ0) is 16.8. The van der Waals surface area contributed by atoms with E-state index in [1.807, 2.05) is 6.07 Å². The van der Waals surface area contributed by atoms with Crippen LogP contribution in [0, 0.1) is 28.4 Å². The average Bonchev–Trinajstić information content (AvgIpc) is 2.55. The number of nitro benzene ring substituents is 1. The molecule has 0 bridgehead atoms. The van der Waals surface area contributed by atoms with E-state index in [-0.39, 0.29) is 12.3 Å². The summed E-state index contributed by atoms with van der Waals surface area (Å²) in [5.74, 6) is 0.0175. The molecule has 0 saturated carbocycles. The zero-order valence-corrected chi connectivity index (χ0v) is 12.3. The van der Waals surface area contributed by atoms with Gasteiger partial charge in [0.1, 0.15) is 5.75 Å². The van der Waals surface area contributed by atoms with Gasteiger partial charge in [-0.15, -0.1) is 0 Å². The number of ether oxygens (including phenoxy) is 1. The Hall–Kier alpha value is -3.40. The van der Waals surface area contributed by atoms with Gasteiger partial charge in [0.15, 0.2) is 6.61 Å². The molecule has 0 atom stereocenters. The van der Waals surface area contributed by atoms with E-state index in [1.165, 1.54) is 24.3 Å². The summed E-state index contributed by atoms with van der Waals surface area (Å²) in [6.45, 7) is 1.44. The number of carbonyl (C=O) groups is 1. The average molecular weight is 311 g/mol. The molecule has 0 unspecified atom stereocenters. The third-order valence-electron chi connectivity index (χ3n) is 3.03. The fraction of sp³-hybridized carbons (Fsp3) is 0.125. The van der Waals surface area contributed by atoms with Crippen molar-refractivity contribution in [2.75, 3.05) is 11.9 Å². The fourth-order valence-electron chi connectivity index (χ4n) is 1.89. The summed E-state index contributed by atoms with van der Waals surface area (Å²) in [6, 6.07) is 12.6. The Morgan fingerprint density at radius 3 is 2.78 bits per heavy atom. The lowest BCUT2D eigenvalue weighted by Gasteiger charge is -2.09. The molecule has 0 aromatic heterocycles. The van der Waals surface area contributed by atoms with Gasteiger partial charge in [0.05, 0.1) is 16.6 Å². The van der Waals surface area contributed by atoms with Crippen LogP contribution in [-0.2, 0) is 4.79 Å². The lowest BCUT2D eigenvalue weighted by Crippen LogP contribution is -2.20. The quantitative estimate of drug-likeness (QED) is 0.675. The van der Waals surface area contributed by atoms with Gasteiger partial charge < -0.3 is 10.1 Å². The number of rotatable bonds is 5. The summed E-state index contributed by atoms with van der Waals surface area (Å²) in [7, 11) is 0. The number of amides is 1. The zero-order valence-electron chi connectivity index (χ0n) is 12.3. The maximum atomic E-state index is 11.9. The van der Waals surface area contributed by atoms with Crippen molar-refractivity contribution in [3.05, 3.63) is 63.7 Å². The molecule has 2 rings (SSSR count). The second-order valence-corrected chi connectivity index (χ2v) is 4.73. The normalized spacial score (nSPS) is 9.74. The molecule has 7 nitrogen and oxygen atoms in total. The van der Waals surface area contributed by atoms with Crippen molar-refractivity contribution in [3.63, 3.8) is 0 Å². The Kier molecular flexibility index (Phi) is 4.89. The molecule has 0 fully saturated rings. The second kappa shape index (κ2) is 7.04. The van der Waals surface area contributed by atoms with Gasteiger partial charge in [-0.1, -0.05) is 6.07 Å². The highest BCUT2D eigenvalue weighted by Gasteiger charge is 2.10. The molecule has 23 heavy (non-hydrogen) atoms. The summed E-state index contributed by atoms with van der Waals surface area (Å²) >= 11 is 0. The predicted octanol–water partition coefficient (Wildman–Crippen LogP) is 2.79. The molecule has 0 saturated heterocycles. The summed E-state index contributed by atoms with van der Waals surface area (Å²) in [5.41, 5.74) is 1.47. The SMILES string of the molecule is Cc1cc([N+](=O)[O-])ccc1NC(=O)COc1cccc(C#N)c1. The van der Waals surface area contributed by atoms with Crippen molar-refractivity contribution < 1.29 is 14.5 Å². The number of benzene rings is 2. The Bertz CT molecular complexity index is 796. The highest BCUT2D eigenvalue weighted by molar-refractivity contribution is 5.92. The summed E-state index contributed by atoms with van der Waals surface area (Å²) in [4.78, 5) is 22.1. The van der Waals surface area contributed by atoms with Crippen LogP contribution in [0.25, 0.3) is 0 Å². The van der Waals surface area contributed by atoms with Crippen LogP contribution in [0.1, 0.15) is 11.1 Å². The van der Waals surface area contributed by atoms with E-state index in [0.717, 1.165) is 0 Å². The van der Waals surface area contributed by atoms with Crippen molar-refractivity contribution >= 4 is 17.3 Å². The van der Waals surface area contributed by atoms with Crippen LogP contribution in [0.3, 0.4) is 0 Å². The van der Waals surface area contributed by atoms with Crippen molar-refractivity contribution in [2.24, 2.45) is 0 Å². The van der Waals surface area contributed by atoms with Gasteiger partial charge in [-0.3, -0.25) is 14.9 Å². The highest BCUT2D eigenvalue weighted by Crippen LogP contribution is 2.21. The summed E-state index contributed by atoms with van der Waals surface area (Å²) in [6.07, 6.45) is 0. The van der Waals surface area contributed by atoms with E-state index in [0.29, 0.717) is 22.6 Å². The number of anilines is 1. The molecule has 7 heteroatoms. The molecule has 1 amide bonds. The van der Waals surface area contributed by atoms with E-state index in [2.05, 4.69) is 5.32 Å². The number of nitrogens with zero attached hydrogens (tertiary/aromatic N) is 2. The van der Waals surface area contributed by atoms with E-state index >= 15 is 0 Å². The second-order valence-electron chi connectivity index (χ2n) is 4.73. The summed E-state index contributed by atoms with van der Waals surface area (Å²) < 4.78 is 5.31. The molecular formula is C16H13N3O4. The first-order chi connectivity index (χ1) is 11.0. The van der Waals surface area contributed by atoms with Gasteiger partial charge >= 0.3 is 0 Å². The number of aryl methyl sites for hydroxylation is 1. The number of nitro groups is 1. The molecule has 0 aliphatic heterocycles. The first-order valence-corrected chi connectivity index (χ1v) is 6.67. The predicted molar refractivity (Wildman–Crippen MR) is 83.1 cm³/mol. The maximum Gasteiger partial charge on any atom is 0.269 e. The van der Waals surface area contributed by atoms with Crippen LogP contribution in [-0.4, -0.2) is 17.4 Å². The fourth-order valence-corrected chi connectivity index (χ4v) is 1.89. The number of nitriles is 1. The largest absolute Gasteiger partial charge is 0.484 e. The van der Waals surface area contributed by atoms with Crippen LogP contribution in [0.4, 0.5) is 11.4 Å². The Balaban J connectivity index is 1.97.